The van der Waals surface area contributed by atoms with Gasteiger partial charge in [0.2, 0.25) is 0 Å². The summed E-state index contributed by atoms with van der Waals surface area (Å²) in [6.07, 6.45) is 0. The first-order chi connectivity index (χ1) is 13.9. The van der Waals surface area contributed by atoms with Gasteiger partial charge in [0, 0.05) is 11.4 Å². The molecule has 0 atom stereocenters. The molecular formula is C23H24N2O3S. The second kappa shape index (κ2) is 9.39. The molecule has 6 heteroatoms. The van der Waals surface area contributed by atoms with Crippen LogP contribution in [0, 0.1) is 6.92 Å². The molecule has 0 aliphatic carbocycles. The molecule has 0 saturated carbocycles. The Morgan fingerprint density at radius 2 is 1.76 bits per heavy atom. The number of amides is 2. The molecule has 0 fully saturated rings. The molecule has 0 aliphatic heterocycles. The molecule has 0 bridgehead atoms. The summed E-state index contributed by atoms with van der Waals surface area (Å²) in [5.41, 5.74) is 3.36. The van der Waals surface area contributed by atoms with Gasteiger partial charge in [-0.05, 0) is 59.7 Å². The molecule has 0 saturated heterocycles. The first-order valence-electron chi connectivity index (χ1n) is 9.40. The summed E-state index contributed by atoms with van der Waals surface area (Å²) in [7, 11) is 0. The molecule has 0 aliphatic rings. The fourth-order valence-corrected chi connectivity index (χ4v) is 3.48. The van der Waals surface area contributed by atoms with Gasteiger partial charge in [-0.15, -0.1) is 11.3 Å². The minimum absolute atomic E-state index is 0.0883. The van der Waals surface area contributed by atoms with E-state index in [0.717, 1.165) is 16.9 Å². The summed E-state index contributed by atoms with van der Waals surface area (Å²) >= 11 is 1.38. The Labute approximate surface area is 174 Å². The van der Waals surface area contributed by atoms with E-state index in [4.69, 9.17) is 4.74 Å². The normalized spacial score (nSPS) is 10.6. The lowest BCUT2D eigenvalue weighted by Gasteiger charge is -2.15. The van der Waals surface area contributed by atoms with E-state index in [2.05, 4.69) is 24.5 Å². The lowest BCUT2D eigenvalue weighted by molar-refractivity contribution is -0.118. The maximum Gasteiger partial charge on any atom is 0.265 e. The van der Waals surface area contributed by atoms with Gasteiger partial charge in [-0.25, -0.2) is 0 Å². The number of hydrogen-bond acceptors (Lipinski definition) is 4. The van der Waals surface area contributed by atoms with Crippen LogP contribution in [0.3, 0.4) is 0 Å². The molecule has 1 heterocycles. The van der Waals surface area contributed by atoms with E-state index in [0.29, 0.717) is 22.2 Å². The molecule has 1 aromatic heterocycles. The van der Waals surface area contributed by atoms with Crippen LogP contribution in [0.2, 0.25) is 0 Å². The van der Waals surface area contributed by atoms with Crippen molar-refractivity contribution in [2.24, 2.45) is 0 Å². The van der Waals surface area contributed by atoms with E-state index in [1.807, 2.05) is 36.6 Å². The number of thiophene rings is 1. The van der Waals surface area contributed by atoms with Crippen LogP contribution >= 0.6 is 11.3 Å². The zero-order valence-corrected chi connectivity index (χ0v) is 17.5. The number of carbonyl (C=O) groups excluding carboxylic acids is 2. The highest BCUT2D eigenvalue weighted by Crippen LogP contribution is 2.27. The van der Waals surface area contributed by atoms with Crippen LogP contribution in [-0.4, -0.2) is 18.4 Å². The fourth-order valence-electron chi connectivity index (χ4n) is 2.86. The maximum absolute atomic E-state index is 12.4. The summed E-state index contributed by atoms with van der Waals surface area (Å²) in [5.74, 6) is 0.597. The van der Waals surface area contributed by atoms with Crippen LogP contribution in [0.4, 0.5) is 11.4 Å². The number of ether oxygens (including phenoxy) is 1. The van der Waals surface area contributed by atoms with Crippen LogP contribution < -0.4 is 15.4 Å². The molecule has 3 aromatic rings. The summed E-state index contributed by atoms with van der Waals surface area (Å²) in [4.78, 5) is 25.2. The SMILES string of the molecule is Cc1ccc(C(C)C)c(OCC(=O)Nc2cccc(NC(=O)c3cccs3)c2)c1. The third-order valence-electron chi connectivity index (χ3n) is 4.30. The van der Waals surface area contributed by atoms with Crippen LogP contribution in [0.15, 0.2) is 60.0 Å². The fraction of sp³-hybridized carbons (Fsp3) is 0.217. The Kier molecular flexibility index (Phi) is 6.67. The van der Waals surface area contributed by atoms with E-state index in [1.54, 1.807) is 30.3 Å². The molecule has 2 aromatic carbocycles. The van der Waals surface area contributed by atoms with Gasteiger partial charge in [0.25, 0.3) is 11.8 Å². The van der Waals surface area contributed by atoms with Crippen LogP contribution in [0.5, 0.6) is 5.75 Å². The van der Waals surface area contributed by atoms with Gasteiger partial charge >= 0.3 is 0 Å². The van der Waals surface area contributed by atoms with Crippen molar-refractivity contribution in [2.75, 3.05) is 17.2 Å². The molecule has 2 amide bonds. The molecule has 29 heavy (non-hydrogen) atoms. The monoisotopic (exact) mass is 408 g/mol. The Balaban J connectivity index is 1.60. The number of hydrogen-bond donors (Lipinski definition) is 2. The van der Waals surface area contributed by atoms with E-state index < -0.39 is 0 Å². The molecule has 0 radical (unpaired) electrons. The Morgan fingerprint density at radius 3 is 2.45 bits per heavy atom. The van der Waals surface area contributed by atoms with Crippen molar-refractivity contribution in [3.8, 4) is 5.75 Å². The first-order valence-corrected chi connectivity index (χ1v) is 10.3. The zero-order valence-electron chi connectivity index (χ0n) is 16.7. The van der Waals surface area contributed by atoms with E-state index in [1.165, 1.54) is 11.3 Å². The second-order valence-electron chi connectivity index (χ2n) is 7.05. The number of rotatable bonds is 7. The van der Waals surface area contributed by atoms with E-state index >= 15 is 0 Å². The smallest absolute Gasteiger partial charge is 0.265 e. The Hall–Kier alpha value is -3.12. The highest BCUT2D eigenvalue weighted by Gasteiger charge is 2.11. The van der Waals surface area contributed by atoms with Crippen molar-refractivity contribution >= 4 is 34.5 Å². The van der Waals surface area contributed by atoms with Gasteiger partial charge in [-0.2, -0.15) is 0 Å². The van der Waals surface area contributed by atoms with Gasteiger partial charge < -0.3 is 15.4 Å². The summed E-state index contributed by atoms with van der Waals surface area (Å²) in [6, 6.07) is 16.7. The van der Waals surface area contributed by atoms with E-state index in [-0.39, 0.29) is 18.4 Å². The standard InChI is InChI=1S/C23H24N2O3S/c1-15(2)19-10-9-16(3)12-20(19)28-14-22(26)24-17-6-4-7-18(13-17)25-23(27)21-8-5-11-29-21/h4-13,15H,14H2,1-3H3,(H,24,26)(H,25,27). The van der Waals surface area contributed by atoms with Crippen molar-refractivity contribution in [2.45, 2.75) is 26.7 Å². The number of anilines is 2. The van der Waals surface area contributed by atoms with Crippen molar-refractivity contribution in [3.63, 3.8) is 0 Å². The van der Waals surface area contributed by atoms with Crippen molar-refractivity contribution < 1.29 is 14.3 Å². The van der Waals surface area contributed by atoms with Gasteiger partial charge in [0.15, 0.2) is 6.61 Å². The summed E-state index contributed by atoms with van der Waals surface area (Å²) in [5, 5.41) is 7.49. The van der Waals surface area contributed by atoms with Crippen molar-refractivity contribution in [3.05, 3.63) is 76.0 Å². The third kappa shape index (κ3) is 5.68. The number of benzene rings is 2. The quantitative estimate of drug-likeness (QED) is 0.546. The number of carbonyl (C=O) groups is 2. The zero-order chi connectivity index (χ0) is 20.8. The second-order valence-corrected chi connectivity index (χ2v) is 7.99. The minimum atomic E-state index is -0.261. The Bertz CT molecular complexity index is 997. The summed E-state index contributed by atoms with van der Waals surface area (Å²) in [6.45, 7) is 6.09. The van der Waals surface area contributed by atoms with Gasteiger partial charge in [-0.1, -0.05) is 38.1 Å². The number of aryl methyl sites for hydroxylation is 1. The third-order valence-corrected chi connectivity index (χ3v) is 5.17. The van der Waals surface area contributed by atoms with Gasteiger partial charge in [-0.3, -0.25) is 9.59 Å². The lowest BCUT2D eigenvalue weighted by Crippen LogP contribution is -2.21. The van der Waals surface area contributed by atoms with Crippen LogP contribution in [-0.2, 0) is 4.79 Å². The highest BCUT2D eigenvalue weighted by atomic mass is 32.1. The molecule has 150 valence electrons. The lowest BCUT2D eigenvalue weighted by atomic mass is 10.0. The maximum atomic E-state index is 12.4. The summed E-state index contributed by atoms with van der Waals surface area (Å²) < 4.78 is 5.78. The molecule has 2 N–H and O–H groups in total. The van der Waals surface area contributed by atoms with Gasteiger partial charge in [0.1, 0.15) is 5.75 Å². The average Bonchev–Trinajstić information content (AvgIpc) is 3.21. The molecule has 0 spiro atoms. The van der Waals surface area contributed by atoms with Crippen molar-refractivity contribution in [1.29, 1.82) is 0 Å². The predicted molar refractivity (Wildman–Crippen MR) is 118 cm³/mol. The minimum Gasteiger partial charge on any atom is -0.483 e. The molecule has 0 unspecified atom stereocenters. The van der Waals surface area contributed by atoms with Crippen LogP contribution in [0.25, 0.3) is 0 Å². The number of nitrogens with one attached hydrogen (secondary N) is 2. The predicted octanol–water partition coefficient (Wildman–Crippen LogP) is 5.45. The topological polar surface area (TPSA) is 67.4 Å². The van der Waals surface area contributed by atoms with Crippen molar-refractivity contribution in [1.82, 2.24) is 0 Å². The molecular weight excluding hydrogens is 384 g/mol. The Morgan fingerprint density at radius 1 is 1.00 bits per heavy atom. The van der Waals surface area contributed by atoms with Crippen LogP contribution in [0.1, 0.15) is 40.6 Å². The largest absolute Gasteiger partial charge is 0.483 e. The highest BCUT2D eigenvalue weighted by molar-refractivity contribution is 7.12. The first kappa shape index (κ1) is 20.6. The molecule has 3 rings (SSSR count). The average molecular weight is 409 g/mol. The van der Waals surface area contributed by atoms with E-state index in [9.17, 15) is 9.59 Å². The van der Waals surface area contributed by atoms with Gasteiger partial charge in [0.05, 0.1) is 4.88 Å². The molecule has 5 nitrogen and oxygen atoms in total.